The van der Waals surface area contributed by atoms with E-state index in [1.54, 1.807) is 55.6 Å². The molecule has 4 aromatic rings. The molecule has 7 heteroatoms. The number of aromatic nitrogens is 2. The van der Waals surface area contributed by atoms with Crippen LogP contribution in [-0.2, 0) is 11.2 Å². The highest BCUT2D eigenvalue weighted by Gasteiger charge is 2.25. The number of aliphatic carboxylic acids is 1. The Balaban J connectivity index is 1.94. The Kier molecular flexibility index (Phi) is 5.86. The summed E-state index contributed by atoms with van der Waals surface area (Å²) in [4.78, 5) is 25.9. The molecule has 0 fully saturated rings. The Morgan fingerprint density at radius 2 is 1.61 bits per heavy atom. The molecule has 0 saturated carbocycles. The first-order valence-corrected chi connectivity index (χ1v) is 10.2. The highest BCUT2D eigenvalue weighted by molar-refractivity contribution is 7.00. The lowest BCUT2D eigenvalue weighted by Crippen LogP contribution is -2.14. The molecule has 4 rings (SSSR count). The Morgan fingerprint density at radius 3 is 2.35 bits per heavy atom. The molecule has 3 aromatic carbocycles. The zero-order valence-corrected chi connectivity index (χ0v) is 17.4. The quantitative estimate of drug-likeness (QED) is 0.339. The molecule has 1 heterocycles. The molecule has 0 bridgehead atoms. The fourth-order valence-corrected chi connectivity index (χ4v) is 3.97. The fraction of sp³-hybridized carbons (Fsp3) is 0.0833. The van der Waals surface area contributed by atoms with Crippen LogP contribution in [0.2, 0.25) is 0 Å². The van der Waals surface area contributed by atoms with E-state index >= 15 is 0 Å². The largest absolute Gasteiger partial charge is 0.496 e. The van der Waals surface area contributed by atoms with Crippen LogP contribution < -0.4 is 4.74 Å². The van der Waals surface area contributed by atoms with Gasteiger partial charge in [-0.3, -0.25) is 4.79 Å². The molecule has 0 amide bonds. The highest BCUT2D eigenvalue weighted by atomic mass is 32.1. The van der Waals surface area contributed by atoms with Crippen LogP contribution in [0.3, 0.4) is 0 Å². The zero-order chi connectivity index (χ0) is 21.8. The van der Waals surface area contributed by atoms with Gasteiger partial charge < -0.3 is 9.84 Å². The number of fused-ring (bicyclic) bond motifs is 1. The van der Waals surface area contributed by atoms with E-state index in [1.165, 1.54) is 0 Å². The second-order valence-corrected chi connectivity index (χ2v) is 7.34. The van der Waals surface area contributed by atoms with Crippen molar-refractivity contribution < 1.29 is 19.4 Å². The standard InChI is InChI=1S/C24H18N2O4S/c1-30-21-10-6-5-9-16(21)13-18(23(27)15-7-3-2-4-8-15)22(24(28)29)17-11-12-19-20(14-17)26-31-25-19/h2-12,14H,13H2,1H3,(H,28,29). The number of nitrogens with zero attached hydrogens (tertiary/aromatic N) is 2. The first kappa shape index (κ1) is 20.4. The minimum atomic E-state index is -1.18. The molecule has 1 aromatic heterocycles. The van der Waals surface area contributed by atoms with E-state index in [0.717, 1.165) is 17.3 Å². The normalized spacial score (nSPS) is 11.8. The Morgan fingerprint density at radius 1 is 0.903 bits per heavy atom. The van der Waals surface area contributed by atoms with Gasteiger partial charge in [0, 0.05) is 17.6 Å². The summed E-state index contributed by atoms with van der Waals surface area (Å²) in [5.74, 6) is -0.943. The number of hydrogen-bond acceptors (Lipinski definition) is 6. The van der Waals surface area contributed by atoms with Crippen LogP contribution in [0.5, 0.6) is 5.75 Å². The zero-order valence-electron chi connectivity index (χ0n) is 16.6. The fourth-order valence-electron chi connectivity index (χ4n) is 3.45. The molecule has 154 valence electrons. The van der Waals surface area contributed by atoms with Crippen LogP contribution in [-0.4, -0.2) is 32.7 Å². The van der Waals surface area contributed by atoms with Gasteiger partial charge in [-0.25, -0.2) is 4.79 Å². The number of carboxylic acid groups (broad SMARTS) is 1. The third kappa shape index (κ3) is 4.22. The van der Waals surface area contributed by atoms with Crippen molar-refractivity contribution in [3.8, 4) is 5.75 Å². The van der Waals surface area contributed by atoms with Crippen molar-refractivity contribution in [2.24, 2.45) is 0 Å². The van der Waals surface area contributed by atoms with E-state index < -0.39 is 5.97 Å². The SMILES string of the molecule is COc1ccccc1CC(C(=O)c1ccccc1)=C(C(=O)O)c1ccc2nsnc2c1. The molecule has 0 saturated heterocycles. The maximum Gasteiger partial charge on any atom is 0.336 e. The third-order valence-corrected chi connectivity index (χ3v) is 5.48. The van der Waals surface area contributed by atoms with E-state index in [0.29, 0.717) is 27.9 Å². The number of ether oxygens (including phenoxy) is 1. The number of rotatable bonds is 7. The first-order chi connectivity index (χ1) is 15.1. The van der Waals surface area contributed by atoms with Crippen LogP contribution in [0.4, 0.5) is 0 Å². The van der Waals surface area contributed by atoms with E-state index in [2.05, 4.69) is 8.75 Å². The number of para-hydroxylation sites is 1. The molecule has 0 aliphatic carbocycles. The van der Waals surface area contributed by atoms with Gasteiger partial charge in [-0.2, -0.15) is 8.75 Å². The lowest BCUT2D eigenvalue weighted by atomic mass is 9.89. The molecule has 0 unspecified atom stereocenters. The first-order valence-electron chi connectivity index (χ1n) is 9.49. The van der Waals surface area contributed by atoms with E-state index in [-0.39, 0.29) is 23.4 Å². The van der Waals surface area contributed by atoms with Crippen LogP contribution in [0, 0.1) is 0 Å². The van der Waals surface area contributed by atoms with Crippen molar-refractivity contribution in [3.63, 3.8) is 0 Å². The number of hydrogen-bond donors (Lipinski definition) is 1. The molecular weight excluding hydrogens is 412 g/mol. The van der Waals surface area contributed by atoms with Crippen molar-refractivity contribution in [2.45, 2.75) is 6.42 Å². The summed E-state index contributed by atoms with van der Waals surface area (Å²) < 4.78 is 13.8. The minimum Gasteiger partial charge on any atom is -0.496 e. The van der Waals surface area contributed by atoms with Gasteiger partial charge in [-0.1, -0.05) is 54.6 Å². The number of Topliss-reactive ketones (excluding diaryl/α,β-unsaturated/α-hetero) is 1. The molecule has 0 radical (unpaired) electrons. The summed E-state index contributed by atoms with van der Waals surface area (Å²) in [6.45, 7) is 0. The van der Waals surface area contributed by atoms with Crippen molar-refractivity contribution >= 4 is 40.1 Å². The monoisotopic (exact) mass is 430 g/mol. The minimum absolute atomic E-state index is 0.0605. The summed E-state index contributed by atoms with van der Waals surface area (Å²) in [5.41, 5.74) is 2.92. The molecule has 0 atom stereocenters. The van der Waals surface area contributed by atoms with Gasteiger partial charge >= 0.3 is 5.97 Å². The average Bonchev–Trinajstić information content (AvgIpc) is 3.27. The molecule has 0 aliphatic rings. The number of allylic oxidation sites excluding steroid dienone is 1. The van der Waals surface area contributed by atoms with Gasteiger partial charge in [-0.15, -0.1) is 0 Å². The molecule has 0 aliphatic heterocycles. The van der Waals surface area contributed by atoms with Gasteiger partial charge in [0.05, 0.1) is 24.4 Å². The maximum atomic E-state index is 13.5. The highest BCUT2D eigenvalue weighted by Crippen LogP contribution is 2.30. The number of benzene rings is 3. The van der Waals surface area contributed by atoms with Gasteiger partial charge in [0.15, 0.2) is 5.78 Å². The summed E-state index contributed by atoms with van der Waals surface area (Å²) in [6, 6.07) is 21.0. The smallest absolute Gasteiger partial charge is 0.336 e. The summed E-state index contributed by atoms with van der Waals surface area (Å²) in [5, 5.41) is 10.1. The van der Waals surface area contributed by atoms with Crippen LogP contribution in [0.1, 0.15) is 21.5 Å². The average molecular weight is 430 g/mol. The summed E-state index contributed by atoms with van der Waals surface area (Å²) in [7, 11) is 1.54. The third-order valence-electron chi connectivity index (χ3n) is 4.93. The second kappa shape index (κ2) is 8.89. The summed E-state index contributed by atoms with van der Waals surface area (Å²) >= 11 is 1.05. The van der Waals surface area contributed by atoms with E-state index in [1.807, 2.05) is 24.3 Å². The number of ketones is 1. The molecule has 31 heavy (non-hydrogen) atoms. The van der Waals surface area contributed by atoms with Gasteiger partial charge in [0.1, 0.15) is 16.8 Å². The van der Waals surface area contributed by atoms with E-state index in [4.69, 9.17) is 4.74 Å². The number of carboxylic acids is 1. The Labute approximate surface area is 182 Å². The Hall–Kier alpha value is -3.84. The number of carbonyl (C=O) groups excluding carboxylic acids is 1. The predicted octanol–water partition coefficient (Wildman–Crippen LogP) is 4.66. The number of carbonyl (C=O) groups is 2. The van der Waals surface area contributed by atoms with Crippen molar-refractivity contribution in [1.29, 1.82) is 0 Å². The van der Waals surface area contributed by atoms with Crippen molar-refractivity contribution in [1.82, 2.24) is 8.75 Å². The molecule has 6 nitrogen and oxygen atoms in total. The molecule has 1 N–H and O–H groups in total. The van der Waals surface area contributed by atoms with Crippen molar-refractivity contribution in [2.75, 3.05) is 7.11 Å². The lowest BCUT2D eigenvalue weighted by Gasteiger charge is -2.15. The summed E-state index contributed by atoms with van der Waals surface area (Å²) in [6.07, 6.45) is 0.104. The van der Waals surface area contributed by atoms with Crippen molar-refractivity contribution in [3.05, 3.63) is 95.1 Å². The molecule has 0 spiro atoms. The van der Waals surface area contributed by atoms with Crippen LogP contribution in [0.15, 0.2) is 78.4 Å². The maximum absolute atomic E-state index is 13.5. The van der Waals surface area contributed by atoms with E-state index in [9.17, 15) is 14.7 Å². The van der Waals surface area contributed by atoms with Gasteiger partial charge in [0.2, 0.25) is 0 Å². The van der Waals surface area contributed by atoms with Crippen LogP contribution in [0.25, 0.3) is 16.6 Å². The van der Waals surface area contributed by atoms with Gasteiger partial charge in [0.25, 0.3) is 0 Å². The van der Waals surface area contributed by atoms with Gasteiger partial charge in [-0.05, 0) is 29.3 Å². The predicted molar refractivity (Wildman–Crippen MR) is 119 cm³/mol. The van der Waals surface area contributed by atoms with Crippen LogP contribution >= 0.6 is 11.7 Å². The second-order valence-electron chi connectivity index (χ2n) is 6.81. The lowest BCUT2D eigenvalue weighted by molar-refractivity contribution is -0.130. The topological polar surface area (TPSA) is 89.4 Å². The number of methoxy groups -OCH3 is 1. The Bertz CT molecular complexity index is 1300. The molecular formula is C24H18N2O4S.